The van der Waals surface area contributed by atoms with Gasteiger partial charge in [0.05, 0.1) is 12.1 Å². The summed E-state index contributed by atoms with van der Waals surface area (Å²) in [6, 6.07) is -0.0919. The summed E-state index contributed by atoms with van der Waals surface area (Å²) in [5, 5.41) is 3.55. The van der Waals surface area contributed by atoms with Crippen molar-refractivity contribution in [3.05, 3.63) is 10.4 Å². The molecule has 0 N–H and O–H groups in total. The van der Waals surface area contributed by atoms with Gasteiger partial charge in [0.15, 0.2) is 7.98 Å². The predicted octanol–water partition coefficient (Wildman–Crippen LogP) is -0.513. The first-order valence-electron chi connectivity index (χ1n) is 3.47. The minimum absolute atomic E-state index is 0.0276. The molecule has 5 nitrogen and oxygen atoms in total. The van der Waals surface area contributed by atoms with Crippen LogP contribution in [0.25, 0.3) is 10.4 Å². The van der Waals surface area contributed by atoms with Gasteiger partial charge in [0, 0.05) is 4.91 Å². The van der Waals surface area contributed by atoms with Crippen LogP contribution in [0.5, 0.6) is 0 Å². The quantitative estimate of drug-likeness (QED) is 0.176. The molecule has 0 radical (unpaired) electrons. The first-order chi connectivity index (χ1) is 5.27. The van der Waals surface area contributed by atoms with E-state index in [2.05, 4.69) is 10.0 Å². The molecular weight excluding hydrogens is 143 g/mol. The molecule has 0 aromatic rings. The van der Waals surface area contributed by atoms with Gasteiger partial charge in [0.2, 0.25) is 0 Å². The maximum absolute atomic E-state index is 10.4. The fourth-order valence-corrected chi connectivity index (χ4v) is 1.32. The van der Waals surface area contributed by atoms with Gasteiger partial charge in [-0.2, -0.15) is 0 Å². The second-order valence-electron chi connectivity index (χ2n) is 2.74. The summed E-state index contributed by atoms with van der Waals surface area (Å²) >= 11 is 0. The molecule has 6 heteroatoms. The zero-order valence-electron chi connectivity index (χ0n) is 6.34. The molecule has 1 aliphatic rings. The highest BCUT2D eigenvalue weighted by Gasteiger charge is 2.27. The molecule has 58 valence electrons. The second kappa shape index (κ2) is 3.41. The molecule has 11 heavy (non-hydrogen) atoms. The van der Waals surface area contributed by atoms with Gasteiger partial charge in [-0.3, -0.25) is 0 Å². The zero-order valence-corrected chi connectivity index (χ0v) is 6.34. The van der Waals surface area contributed by atoms with Crippen molar-refractivity contribution in [2.24, 2.45) is 5.11 Å². The van der Waals surface area contributed by atoms with E-state index in [1.54, 1.807) is 0 Å². The molecule has 0 saturated carbocycles. The van der Waals surface area contributed by atoms with E-state index in [0.29, 0.717) is 13.0 Å². The van der Waals surface area contributed by atoms with Gasteiger partial charge in [-0.15, -0.1) is 0 Å². The first-order valence-corrected chi connectivity index (χ1v) is 3.47. The van der Waals surface area contributed by atoms with Gasteiger partial charge < -0.3 is 9.61 Å². The molecule has 0 spiro atoms. The van der Waals surface area contributed by atoms with Crippen LogP contribution >= 0.6 is 0 Å². The number of nitrogens with zero attached hydrogens (tertiary/aromatic N) is 4. The molecule has 1 saturated heterocycles. The molecule has 0 amide bonds. The van der Waals surface area contributed by atoms with Crippen molar-refractivity contribution in [1.82, 2.24) is 4.81 Å². The normalized spacial score (nSPS) is 31.3. The SMILES string of the molecule is BN1C[C@@H](N=[N+]=[N-])C[C@H]1C=O. The molecular formula is C5H9BN4O. The number of hydrogen-bond donors (Lipinski definition) is 0. The fraction of sp³-hybridized carbons (Fsp3) is 0.800. The number of carbonyl (C=O) groups excluding carboxylic acids is 1. The van der Waals surface area contributed by atoms with Gasteiger partial charge in [-0.05, 0) is 18.5 Å². The van der Waals surface area contributed by atoms with Crippen LogP contribution in [0.3, 0.4) is 0 Å². The molecule has 2 atom stereocenters. The van der Waals surface area contributed by atoms with Crippen molar-refractivity contribution in [3.63, 3.8) is 0 Å². The van der Waals surface area contributed by atoms with E-state index in [9.17, 15) is 4.79 Å². The lowest BCUT2D eigenvalue weighted by Gasteiger charge is -2.11. The fourth-order valence-electron chi connectivity index (χ4n) is 1.32. The lowest BCUT2D eigenvalue weighted by atomic mass is 10.2. The summed E-state index contributed by atoms with van der Waals surface area (Å²) in [5.74, 6) is 0. The maximum Gasteiger partial charge on any atom is 0.186 e. The van der Waals surface area contributed by atoms with E-state index in [1.165, 1.54) is 0 Å². The number of hydrogen-bond acceptors (Lipinski definition) is 3. The van der Waals surface area contributed by atoms with Gasteiger partial charge in [0.1, 0.15) is 6.29 Å². The first kappa shape index (κ1) is 8.10. The van der Waals surface area contributed by atoms with Crippen molar-refractivity contribution in [2.75, 3.05) is 6.54 Å². The smallest absolute Gasteiger partial charge is 0.186 e. The largest absolute Gasteiger partial charge is 0.340 e. The van der Waals surface area contributed by atoms with Crippen LogP contribution in [-0.2, 0) is 4.79 Å². The lowest BCUT2D eigenvalue weighted by Crippen LogP contribution is -2.27. The molecule has 0 aromatic carbocycles. The van der Waals surface area contributed by atoms with Crippen molar-refractivity contribution in [3.8, 4) is 0 Å². The number of carbonyl (C=O) groups is 1. The predicted molar refractivity (Wildman–Crippen MR) is 42.7 cm³/mol. The van der Waals surface area contributed by atoms with Crippen LogP contribution in [0.15, 0.2) is 5.11 Å². The Morgan fingerprint density at radius 2 is 2.55 bits per heavy atom. The summed E-state index contributed by atoms with van der Waals surface area (Å²) < 4.78 is 0. The monoisotopic (exact) mass is 152 g/mol. The average Bonchev–Trinajstić information content (AvgIpc) is 2.32. The molecule has 1 heterocycles. The summed E-state index contributed by atoms with van der Waals surface area (Å²) in [6.45, 7) is 0.688. The van der Waals surface area contributed by atoms with E-state index in [1.807, 2.05) is 12.8 Å². The van der Waals surface area contributed by atoms with E-state index in [0.717, 1.165) is 6.29 Å². The molecule has 0 bridgehead atoms. The van der Waals surface area contributed by atoms with Crippen molar-refractivity contribution >= 4 is 14.3 Å². The van der Waals surface area contributed by atoms with E-state index >= 15 is 0 Å². The molecule has 0 aromatic heterocycles. The highest BCUT2D eigenvalue weighted by molar-refractivity contribution is 6.06. The van der Waals surface area contributed by atoms with Crippen LogP contribution in [-0.4, -0.2) is 37.7 Å². The Bertz CT molecular complexity index is 203. The summed E-state index contributed by atoms with van der Waals surface area (Å²) in [7, 11) is 1.85. The Kier molecular flexibility index (Phi) is 2.51. The van der Waals surface area contributed by atoms with Crippen LogP contribution in [0, 0.1) is 0 Å². The van der Waals surface area contributed by atoms with Crippen LogP contribution < -0.4 is 0 Å². The van der Waals surface area contributed by atoms with Crippen molar-refractivity contribution in [1.29, 1.82) is 0 Å². The Morgan fingerprint density at radius 1 is 1.82 bits per heavy atom. The zero-order chi connectivity index (χ0) is 8.27. The van der Waals surface area contributed by atoms with Gasteiger partial charge in [-0.1, -0.05) is 5.11 Å². The number of azide groups is 1. The standard InChI is InChI=1S/C5H9BN4O/c6-10-2-4(8-9-7)1-5(10)3-11/h3-5H,1-2,6H2/t4-,5-/m0/s1. The molecule has 1 aliphatic heterocycles. The lowest BCUT2D eigenvalue weighted by molar-refractivity contribution is -0.110. The van der Waals surface area contributed by atoms with Gasteiger partial charge >= 0.3 is 0 Å². The minimum atomic E-state index is -0.0644. The average molecular weight is 152 g/mol. The minimum Gasteiger partial charge on any atom is -0.340 e. The van der Waals surface area contributed by atoms with Crippen LogP contribution in [0.2, 0.25) is 0 Å². The Morgan fingerprint density at radius 3 is 3.00 bits per heavy atom. The molecule has 1 rings (SSSR count). The van der Waals surface area contributed by atoms with E-state index in [4.69, 9.17) is 5.53 Å². The third kappa shape index (κ3) is 1.72. The third-order valence-corrected chi connectivity index (χ3v) is 1.95. The Labute approximate surface area is 65.4 Å². The second-order valence-corrected chi connectivity index (χ2v) is 2.74. The Hall–Kier alpha value is -0.995. The highest BCUT2D eigenvalue weighted by atomic mass is 16.1. The maximum atomic E-state index is 10.4. The molecule has 0 unspecified atom stereocenters. The third-order valence-electron chi connectivity index (χ3n) is 1.95. The van der Waals surface area contributed by atoms with Gasteiger partial charge in [0.25, 0.3) is 0 Å². The van der Waals surface area contributed by atoms with E-state index < -0.39 is 0 Å². The van der Waals surface area contributed by atoms with Crippen molar-refractivity contribution in [2.45, 2.75) is 18.5 Å². The summed E-state index contributed by atoms with van der Waals surface area (Å²) in [4.78, 5) is 15.0. The van der Waals surface area contributed by atoms with Crippen LogP contribution in [0.1, 0.15) is 6.42 Å². The summed E-state index contributed by atoms with van der Waals surface area (Å²) in [6.07, 6.45) is 1.55. The molecule has 0 aliphatic carbocycles. The van der Waals surface area contributed by atoms with Gasteiger partial charge in [-0.25, -0.2) is 0 Å². The Balaban J connectivity index is 2.55. The topological polar surface area (TPSA) is 69.1 Å². The van der Waals surface area contributed by atoms with Crippen LogP contribution in [0.4, 0.5) is 0 Å². The highest BCUT2D eigenvalue weighted by Crippen LogP contribution is 2.16. The van der Waals surface area contributed by atoms with E-state index in [-0.39, 0.29) is 12.1 Å². The van der Waals surface area contributed by atoms with Crippen molar-refractivity contribution < 1.29 is 4.79 Å². The number of rotatable bonds is 2. The number of aldehydes is 1. The summed E-state index contributed by atoms with van der Waals surface area (Å²) in [5.41, 5.74) is 8.12. The molecule has 1 fully saturated rings.